The zero-order chi connectivity index (χ0) is 8.15. The molecule has 3 nitrogen and oxygen atoms in total. The minimum absolute atomic E-state index is 0.0486. The fourth-order valence-corrected chi connectivity index (χ4v) is 0.649. The number of aliphatic hydroxyl groups excluding tert-OH is 2. The lowest BCUT2D eigenvalue weighted by atomic mass is 10.0. The van der Waals surface area contributed by atoms with Crippen LogP contribution in [0, 0.1) is 5.92 Å². The molecule has 0 aromatic rings. The molecule has 0 heterocycles. The van der Waals surface area contributed by atoms with Crippen molar-refractivity contribution in [2.24, 2.45) is 5.92 Å². The Morgan fingerprint density at radius 2 is 2.10 bits per heavy atom. The lowest BCUT2D eigenvalue weighted by Crippen LogP contribution is -2.19. The Morgan fingerprint density at radius 1 is 1.60 bits per heavy atom. The van der Waals surface area contributed by atoms with Crippen LogP contribution in [0.1, 0.15) is 20.3 Å². The van der Waals surface area contributed by atoms with Gasteiger partial charge >= 0.3 is 0 Å². The Bertz CT molecular complexity index is 111. The predicted octanol–water partition coefficient (Wildman–Crippen LogP) is -0.0452. The molecule has 0 aromatic heterocycles. The molecular weight excluding hydrogens is 132 g/mol. The normalized spacial score (nSPS) is 16.4. The van der Waals surface area contributed by atoms with E-state index in [1.165, 1.54) is 6.92 Å². The lowest BCUT2D eigenvalue weighted by Gasteiger charge is -2.10. The second-order valence-electron chi connectivity index (χ2n) is 2.58. The van der Waals surface area contributed by atoms with E-state index < -0.39 is 6.10 Å². The van der Waals surface area contributed by atoms with E-state index in [4.69, 9.17) is 10.2 Å². The van der Waals surface area contributed by atoms with E-state index in [0.29, 0.717) is 6.42 Å². The first-order valence-electron chi connectivity index (χ1n) is 3.37. The molecule has 0 amide bonds. The van der Waals surface area contributed by atoms with Crippen molar-refractivity contribution < 1.29 is 15.0 Å². The van der Waals surface area contributed by atoms with Crippen LogP contribution in [0.2, 0.25) is 0 Å². The fourth-order valence-electron chi connectivity index (χ4n) is 0.649. The van der Waals surface area contributed by atoms with Gasteiger partial charge in [-0.1, -0.05) is 6.92 Å². The second-order valence-corrected chi connectivity index (χ2v) is 2.58. The highest BCUT2D eigenvalue weighted by atomic mass is 16.3. The van der Waals surface area contributed by atoms with E-state index in [1.54, 1.807) is 6.92 Å². The molecule has 2 atom stereocenters. The fraction of sp³-hybridized carbons (Fsp3) is 0.857. The van der Waals surface area contributed by atoms with Gasteiger partial charge in [0.05, 0.1) is 12.7 Å². The highest BCUT2D eigenvalue weighted by molar-refractivity contribution is 5.77. The van der Waals surface area contributed by atoms with Gasteiger partial charge in [0.1, 0.15) is 5.78 Å². The molecule has 0 aliphatic rings. The summed E-state index contributed by atoms with van der Waals surface area (Å²) in [5.74, 6) is -0.102. The molecule has 0 aromatic carbocycles. The summed E-state index contributed by atoms with van der Waals surface area (Å²) in [6.45, 7) is 2.95. The van der Waals surface area contributed by atoms with E-state index in [9.17, 15) is 4.79 Å². The van der Waals surface area contributed by atoms with E-state index >= 15 is 0 Å². The minimum Gasteiger partial charge on any atom is -0.394 e. The van der Waals surface area contributed by atoms with Gasteiger partial charge in [0.25, 0.3) is 0 Å². The van der Waals surface area contributed by atoms with Crippen molar-refractivity contribution in [2.75, 3.05) is 6.61 Å². The van der Waals surface area contributed by atoms with Crippen LogP contribution in [-0.2, 0) is 4.79 Å². The summed E-state index contributed by atoms with van der Waals surface area (Å²) < 4.78 is 0. The van der Waals surface area contributed by atoms with E-state index in [1.807, 2.05) is 0 Å². The molecule has 2 N–H and O–H groups in total. The largest absolute Gasteiger partial charge is 0.394 e. The standard InChI is InChI=1S/C7H14O3/c1-5(6(2)9)3-7(10)4-8/h5,7-8,10H,3-4H2,1-2H3. The maximum atomic E-state index is 10.6. The molecule has 0 radical (unpaired) electrons. The van der Waals surface area contributed by atoms with Gasteiger partial charge in [0.15, 0.2) is 0 Å². The van der Waals surface area contributed by atoms with Gasteiger partial charge in [-0.25, -0.2) is 0 Å². The lowest BCUT2D eigenvalue weighted by molar-refractivity contribution is -0.121. The summed E-state index contributed by atoms with van der Waals surface area (Å²) in [7, 11) is 0. The molecule has 0 spiro atoms. The van der Waals surface area contributed by atoms with Crippen molar-refractivity contribution in [3.8, 4) is 0 Å². The van der Waals surface area contributed by atoms with Crippen molar-refractivity contribution in [1.29, 1.82) is 0 Å². The quantitative estimate of drug-likeness (QED) is 0.585. The highest BCUT2D eigenvalue weighted by Gasteiger charge is 2.12. The van der Waals surface area contributed by atoms with Crippen LogP contribution in [0.15, 0.2) is 0 Å². The first-order valence-corrected chi connectivity index (χ1v) is 3.37. The number of ketones is 1. The third-order valence-corrected chi connectivity index (χ3v) is 1.53. The number of rotatable bonds is 4. The number of Topliss-reactive ketones (excluding diaryl/α,β-unsaturated/α-hetero) is 1. The number of carbonyl (C=O) groups is 1. The summed E-state index contributed by atoms with van der Waals surface area (Å²) in [6, 6.07) is 0. The van der Waals surface area contributed by atoms with Crippen LogP contribution < -0.4 is 0 Å². The summed E-state index contributed by atoms with van der Waals surface area (Å²) >= 11 is 0. The molecule has 0 aliphatic heterocycles. The van der Waals surface area contributed by atoms with E-state index in [2.05, 4.69) is 0 Å². The number of hydrogen-bond acceptors (Lipinski definition) is 3. The number of hydrogen-bond donors (Lipinski definition) is 2. The smallest absolute Gasteiger partial charge is 0.132 e. The van der Waals surface area contributed by atoms with Gasteiger partial charge in [-0.3, -0.25) is 4.79 Å². The third kappa shape index (κ3) is 3.58. The molecule has 10 heavy (non-hydrogen) atoms. The summed E-state index contributed by atoms with van der Waals surface area (Å²) in [5, 5.41) is 17.3. The van der Waals surface area contributed by atoms with Gasteiger partial charge in [-0.05, 0) is 13.3 Å². The second kappa shape index (κ2) is 4.41. The molecule has 60 valence electrons. The molecule has 0 rings (SSSR count). The Labute approximate surface area is 60.7 Å². The SMILES string of the molecule is CC(=O)C(C)CC(O)CO. The number of aliphatic hydroxyl groups is 2. The van der Waals surface area contributed by atoms with Crippen LogP contribution in [-0.4, -0.2) is 28.7 Å². The van der Waals surface area contributed by atoms with Crippen LogP contribution in [0.5, 0.6) is 0 Å². The summed E-state index contributed by atoms with van der Waals surface area (Å²) in [6.07, 6.45) is -0.398. The zero-order valence-corrected chi connectivity index (χ0v) is 6.37. The first kappa shape index (κ1) is 9.59. The average Bonchev–Trinajstić information content (AvgIpc) is 1.87. The summed E-state index contributed by atoms with van der Waals surface area (Å²) in [5.41, 5.74) is 0. The van der Waals surface area contributed by atoms with Crippen LogP contribution in [0.3, 0.4) is 0 Å². The van der Waals surface area contributed by atoms with Crippen molar-refractivity contribution in [3.05, 3.63) is 0 Å². The molecule has 0 fully saturated rings. The van der Waals surface area contributed by atoms with Crippen molar-refractivity contribution in [2.45, 2.75) is 26.4 Å². The molecule has 2 unspecified atom stereocenters. The maximum absolute atomic E-state index is 10.6. The van der Waals surface area contributed by atoms with Gasteiger partial charge in [0, 0.05) is 5.92 Å². The average molecular weight is 146 g/mol. The number of carbonyl (C=O) groups excluding carboxylic acids is 1. The first-order chi connectivity index (χ1) is 4.57. The van der Waals surface area contributed by atoms with Crippen molar-refractivity contribution >= 4 is 5.78 Å². The van der Waals surface area contributed by atoms with Crippen LogP contribution >= 0.6 is 0 Å². The van der Waals surface area contributed by atoms with Crippen LogP contribution in [0.25, 0.3) is 0 Å². The maximum Gasteiger partial charge on any atom is 0.132 e. The van der Waals surface area contributed by atoms with E-state index in [-0.39, 0.29) is 18.3 Å². The Kier molecular flexibility index (Phi) is 4.23. The zero-order valence-electron chi connectivity index (χ0n) is 6.37. The van der Waals surface area contributed by atoms with E-state index in [0.717, 1.165) is 0 Å². The highest BCUT2D eigenvalue weighted by Crippen LogP contribution is 2.05. The Hall–Kier alpha value is -0.410. The van der Waals surface area contributed by atoms with Crippen molar-refractivity contribution in [1.82, 2.24) is 0 Å². The topological polar surface area (TPSA) is 57.5 Å². The predicted molar refractivity (Wildman–Crippen MR) is 37.6 cm³/mol. The molecule has 0 aliphatic carbocycles. The Morgan fingerprint density at radius 3 is 2.40 bits per heavy atom. The van der Waals surface area contributed by atoms with Gasteiger partial charge in [-0.2, -0.15) is 0 Å². The molecule has 3 heteroatoms. The van der Waals surface area contributed by atoms with Gasteiger partial charge < -0.3 is 10.2 Å². The molecule has 0 bridgehead atoms. The van der Waals surface area contributed by atoms with Gasteiger partial charge in [-0.15, -0.1) is 0 Å². The third-order valence-electron chi connectivity index (χ3n) is 1.53. The van der Waals surface area contributed by atoms with Gasteiger partial charge in [0.2, 0.25) is 0 Å². The Balaban J connectivity index is 3.56. The molecule has 0 saturated heterocycles. The van der Waals surface area contributed by atoms with Crippen LogP contribution in [0.4, 0.5) is 0 Å². The molecular formula is C7H14O3. The van der Waals surface area contributed by atoms with Crippen molar-refractivity contribution in [3.63, 3.8) is 0 Å². The minimum atomic E-state index is -0.751. The molecule has 0 saturated carbocycles. The summed E-state index contributed by atoms with van der Waals surface area (Å²) in [4.78, 5) is 10.6. The monoisotopic (exact) mass is 146 g/mol.